The first-order chi connectivity index (χ1) is 8.42. The smallest absolute Gasteiger partial charge is 0.357 e. The zero-order valence-corrected chi connectivity index (χ0v) is 11.6. The average Bonchev–Trinajstić information content (AvgIpc) is 2.29. The molecule has 0 fully saturated rings. The lowest BCUT2D eigenvalue weighted by Crippen LogP contribution is -2.26. The molecule has 0 aliphatic rings. The standard InChI is InChI=1S/C13H20N2O3/c1-6-17-11(16)10-9(3)8-14-12(15-10)13(4,5)18-7-2/h8H,6-7H2,1-5H3. The van der Waals surface area contributed by atoms with E-state index in [0.717, 1.165) is 0 Å². The van der Waals surface area contributed by atoms with Crippen LogP contribution in [0.4, 0.5) is 0 Å². The van der Waals surface area contributed by atoms with Gasteiger partial charge in [-0.25, -0.2) is 14.8 Å². The molecular weight excluding hydrogens is 232 g/mol. The van der Waals surface area contributed by atoms with Crippen LogP contribution in [0.3, 0.4) is 0 Å². The van der Waals surface area contributed by atoms with E-state index < -0.39 is 11.6 Å². The van der Waals surface area contributed by atoms with Gasteiger partial charge in [0.15, 0.2) is 11.5 Å². The molecule has 1 heterocycles. The third kappa shape index (κ3) is 3.26. The van der Waals surface area contributed by atoms with E-state index in [-0.39, 0.29) is 0 Å². The second-order valence-electron chi connectivity index (χ2n) is 4.39. The van der Waals surface area contributed by atoms with Crippen LogP contribution >= 0.6 is 0 Å². The summed E-state index contributed by atoms with van der Waals surface area (Å²) in [6, 6.07) is 0. The van der Waals surface area contributed by atoms with Crippen LogP contribution in [0.1, 0.15) is 49.6 Å². The fourth-order valence-corrected chi connectivity index (χ4v) is 1.56. The molecule has 1 aromatic rings. The van der Waals surface area contributed by atoms with Gasteiger partial charge in [-0.15, -0.1) is 0 Å². The van der Waals surface area contributed by atoms with Crippen molar-refractivity contribution in [1.29, 1.82) is 0 Å². The van der Waals surface area contributed by atoms with Crippen LogP contribution in [0.5, 0.6) is 0 Å². The SMILES string of the molecule is CCOC(=O)c1nc(C(C)(C)OCC)ncc1C. The molecule has 0 saturated carbocycles. The molecule has 5 heteroatoms. The number of hydrogen-bond donors (Lipinski definition) is 0. The van der Waals surface area contributed by atoms with Crippen LogP contribution in [0.25, 0.3) is 0 Å². The Kier molecular flexibility index (Phi) is 4.78. The van der Waals surface area contributed by atoms with Crippen molar-refractivity contribution in [2.24, 2.45) is 0 Å². The van der Waals surface area contributed by atoms with E-state index in [1.165, 1.54) is 0 Å². The van der Waals surface area contributed by atoms with Crippen molar-refractivity contribution in [3.8, 4) is 0 Å². The molecule has 0 atom stereocenters. The van der Waals surface area contributed by atoms with Gasteiger partial charge in [0.25, 0.3) is 0 Å². The summed E-state index contributed by atoms with van der Waals surface area (Å²) in [6.07, 6.45) is 1.62. The van der Waals surface area contributed by atoms with Gasteiger partial charge in [-0.1, -0.05) is 0 Å². The minimum Gasteiger partial charge on any atom is -0.461 e. The summed E-state index contributed by atoms with van der Waals surface area (Å²) in [5.74, 6) is 0.0592. The Morgan fingerprint density at radius 2 is 2.00 bits per heavy atom. The Morgan fingerprint density at radius 1 is 1.33 bits per heavy atom. The fourth-order valence-electron chi connectivity index (χ4n) is 1.56. The van der Waals surface area contributed by atoms with Gasteiger partial charge in [0.05, 0.1) is 6.61 Å². The minimum absolute atomic E-state index is 0.301. The molecule has 5 nitrogen and oxygen atoms in total. The molecule has 0 aromatic carbocycles. The van der Waals surface area contributed by atoms with Crippen molar-refractivity contribution in [3.63, 3.8) is 0 Å². The quantitative estimate of drug-likeness (QED) is 0.752. The van der Waals surface area contributed by atoms with Crippen LogP contribution in [0.2, 0.25) is 0 Å². The Labute approximate surface area is 108 Å². The van der Waals surface area contributed by atoms with E-state index in [1.54, 1.807) is 20.0 Å². The molecule has 0 unspecified atom stereocenters. The van der Waals surface area contributed by atoms with E-state index >= 15 is 0 Å². The van der Waals surface area contributed by atoms with Crippen molar-refractivity contribution in [2.75, 3.05) is 13.2 Å². The number of aryl methyl sites for hydroxylation is 1. The van der Waals surface area contributed by atoms with Crippen molar-refractivity contribution in [3.05, 3.63) is 23.3 Å². The number of carbonyl (C=O) groups excluding carboxylic acids is 1. The third-order valence-corrected chi connectivity index (χ3v) is 2.48. The normalized spacial score (nSPS) is 11.4. The highest BCUT2D eigenvalue weighted by molar-refractivity contribution is 5.88. The maximum Gasteiger partial charge on any atom is 0.357 e. The predicted molar refractivity (Wildman–Crippen MR) is 67.4 cm³/mol. The summed E-state index contributed by atoms with van der Waals surface area (Å²) in [5, 5.41) is 0. The van der Waals surface area contributed by atoms with Gasteiger partial charge in [-0.3, -0.25) is 0 Å². The number of nitrogens with zero attached hydrogens (tertiary/aromatic N) is 2. The molecule has 0 aliphatic carbocycles. The second-order valence-corrected chi connectivity index (χ2v) is 4.39. The van der Waals surface area contributed by atoms with Crippen molar-refractivity contribution in [2.45, 2.75) is 40.2 Å². The first kappa shape index (κ1) is 14.6. The summed E-state index contributed by atoms with van der Waals surface area (Å²) in [7, 11) is 0. The number of hydrogen-bond acceptors (Lipinski definition) is 5. The Morgan fingerprint density at radius 3 is 2.56 bits per heavy atom. The van der Waals surface area contributed by atoms with Gasteiger partial charge < -0.3 is 9.47 Å². The van der Waals surface area contributed by atoms with Crippen molar-refractivity contribution in [1.82, 2.24) is 9.97 Å². The summed E-state index contributed by atoms with van der Waals surface area (Å²) >= 11 is 0. The number of ether oxygens (including phenoxy) is 2. The lowest BCUT2D eigenvalue weighted by Gasteiger charge is -2.23. The molecule has 0 radical (unpaired) electrons. The molecule has 0 aliphatic heterocycles. The summed E-state index contributed by atoms with van der Waals surface area (Å²) in [5.41, 5.74) is 0.378. The minimum atomic E-state index is -0.621. The number of rotatable bonds is 5. The maximum atomic E-state index is 11.7. The van der Waals surface area contributed by atoms with Crippen LogP contribution < -0.4 is 0 Å². The topological polar surface area (TPSA) is 61.3 Å². The lowest BCUT2D eigenvalue weighted by atomic mass is 10.1. The first-order valence-electron chi connectivity index (χ1n) is 6.07. The van der Waals surface area contributed by atoms with E-state index in [9.17, 15) is 4.79 Å². The Balaban J connectivity index is 3.11. The molecule has 1 aromatic heterocycles. The lowest BCUT2D eigenvalue weighted by molar-refractivity contribution is -0.0210. The first-order valence-corrected chi connectivity index (χ1v) is 6.07. The van der Waals surface area contributed by atoms with Crippen LogP contribution in [-0.2, 0) is 15.1 Å². The largest absolute Gasteiger partial charge is 0.461 e. The summed E-state index contributed by atoms with van der Waals surface area (Å²) in [6.45, 7) is 10.1. The van der Waals surface area contributed by atoms with Crippen LogP contribution in [0, 0.1) is 6.92 Å². The number of esters is 1. The zero-order chi connectivity index (χ0) is 13.8. The maximum absolute atomic E-state index is 11.7. The molecule has 0 saturated heterocycles. The molecule has 0 amide bonds. The number of aromatic nitrogens is 2. The van der Waals surface area contributed by atoms with Gasteiger partial charge in [-0.2, -0.15) is 0 Å². The number of carbonyl (C=O) groups is 1. The van der Waals surface area contributed by atoms with E-state index in [0.29, 0.717) is 30.3 Å². The molecular formula is C13H20N2O3. The molecule has 100 valence electrons. The molecule has 0 N–H and O–H groups in total. The van der Waals surface area contributed by atoms with Crippen LogP contribution in [0.15, 0.2) is 6.20 Å². The highest BCUT2D eigenvalue weighted by Crippen LogP contribution is 2.21. The highest BCUT2D eigenvalue weighted by Gasteiger charge is 2.26. The monoisotopic (exact) mass is 252 g/mol. The van der Waals surface area contributed by atoms with Gasteiger partial charge in [0.1, 0.15) is 5.60 Å². The third-order valence-electron chi connectivity index (χ3n) is 2.48. The fraction of sp³-hybridized carbons (Fsp3) is 0.615. The Hall–Kier alpha value is -1.49. The highest BCUT2D eigenvalue weighted by atomic mass is 16.5. The van der Waals surface area contributed by atoms with Crippen molar-refractivity contribution >= 4 is 5.97 Å². The average molecular weight is 252 g/mol. The van der Waals surface area contributed by atoms with Crippen LogP contribution in [-0.4, -0.2) is 29.2 Å². The van der Waals surface area contributed by atoms with E-state index in [2.05, 4.69) is 9.97 Å². The summed E-state index contributed by atoms with van der Waals surface area (Å²) in [4.78, 5) is 20.2. The predicted octanol–water partition coefficient (Wildman–Crippen LogP) is 2.23. The molecule has 1 rings (SSSR count). The van der Waals surface area contributed by atoms with Gasteiger partial charge in [0, 0.05) is 18.4 Å². The molecule has 18 heavy (non-hydrogen) atoms. The van der Waals surface area contributed by atoms with Crippen molar-refractivity contribution < 1.29 is 14.3 Å². The van der Waals surface area contributed by atoms with E-state index in [4.69, 9.17) is 9.47 Å². The van der Waals surface area contributed by atoms with Gasteiger partial charge in [0.2, 0.25) is 0 Å². The summed E-state index contributed by atoms with van der Waals surface area (Å²) < 4.78 is 10.5. The second kappa shape index (κ2) is 5.91. The van der Waals surface area contributed by atoms with E-state index in [1.807, 2.05) is 20.8 Å². The zero-order valence-electron chi connectivity index (χ0n) is 11.6. The molecule has 0 bridgehead atoms. The van der Waals surface area contributed by atoms with Gasteiger partial charge in [-0.05, 0) is 34.6 Å². The Bertz CT molecular complexity index is 430. The van der Waals surface area contributed by atoms with Gasteiger partial charge >= 0.3 is 5.97 Å². The molecule has 0 spiro atoms.